The van der Waals surface area contributed by atoms with Gasteiger partial charge in [-0.2, -0.15) is 4.98 Å². The van der Waals surface area contributed by atoms with Crippen LogP contribution in [-0.4, -0.2) is 19.5 Å². The molecule has 6 N–H and O–H groups in total. The van der Waals surface area contributed by atoms with Gasteiger partial charge in [0.15, 0.2) is 5.13 Å². The molecular formula is C18H15N7S. The van der Waals surface area contributed by atoms with E-state index in [1.165, 1.54) is 11.3 Å². The minimum Gasteiger partial charge on any atom is -0.383 e. The largest absolute Gasteiger partial charge is 0.383 e. The lowest BCUT2D eigenvalue weighted by Crippen LogP contribution is -2.01. The molecule has 7 nitrogen and oxygen atoms in total. The third-order valence-corrected chi connectivity index (χ3v) is 5.34. The molecule has 0 spiro atoms. The third kappa shape index (κ3) is 2.23. The van der Waals surface area contributed by atoms with Gasteiger partial charge in [-0.05, 0) is 35.9 Å². The second kappa shape index (κ2) is 5.30. The summed E-state index contributed by atoms with van der Waals surface area (Å²) < 4.78 is 3.26. The summed E-state index contributed by atoms with van der Waals surface area (Å²) in [4.78, 5) is 12.7. The van der Waals surface area contributed by atoms with Gasteiger partial charge >= 0.3 is 0 Å². The summed E-state index contributed by atoms with van der Waals surface area (Å²) in [6.07, 6.45) is 2.04. The van der Waals surface area contributed by atoms with Crippen LogP contribution in [0.5, 0.6) is 0 Å². The molecule has 0 fully saturated rings. The molecule has 5 rings (SSSR count). The molecule has 0 bridgehead atoms. The Morgan fingerprint density at radius 1 is 0.923 bits per heavy atom. The predicted molar refractivity (Wildman–Crippen MR) is 107 cm³/mol. The summed E-state index contributed by atoms with van der Waals surface area (Å²) in [7, 11) is 0. The first-order valence-corrected chi connectivity index (χ1v) is 8.85. The molecule has 0 radical (unpaired) electrons. The van der Waals surface area contributed by atoms with Crippen molar-refractivity contribution in [3.05, 3.63) is 48.2 Å². The van der Waals surface area contributed by atoms with E-state index in [1.54, 1.807) is 0 Å². The van der Waals surface area contributed by atoms with E-state index in [-0.39, 0.29) is 5.95 Å². The van der Waals surface area contributed by atoms with Crippen LogP contribution in [0.1, 0.15) is 5.56 Å². The van der Waals surface area contributed by atoms with Gasteiger partial charge in [0, 0.05) is 23.6 Å². The summed E-state index contributed by atoms with van der Waals surface area (Å²) >= 11 is 1.50. The Labute approximate surface area is 152 Å². The molecule has 0 atom stereocenters. The van der Waals surface area contributed by atoms with Gasteiger partial charge in [0.1, 0.15) is 5.82 Å². The molecule has 2 aromatic carbocycles. The molecule has 0 saturated carbocycles. The Morgan fingerprint density at radius 3 is 2.69 bits per heavy atom. The molecule has 3 aromatic heterocycles. The number of thiazole rings is 1. The Balaban J connectivity index is 1.63. The van der Waals surface area contributed by atoms with Gasteiger partial charge in [0.25, 0.3) is 0 Å². The minimum atomic E-state index is 0.185. The molecule has 0 aliphatic heterocycles. The topological polar surface area (TPSA) is 122 Å². The summed E-state index contributed by atoms with van der Waals surface area (Å²) in [5.74, 6) is 0.583. The molecule has 8 heteroatoms. The number of hydrogen-bond donors (Lipinski definition) is 3. The monoisotopic (exact) mass is 361 g/mol. The average Bonchev–Trinajstić information content (AvgIpc) is 3.16. The van der Waals surface area contributed by atoms with E-state index in [2.05, 4.69) is 37.7 Å². The lowest BCUT2D eigenvalue weighted by Gasteiger charge is -2.08. The molecular weight excluding hydrogens is 346 g/mol. The van der Waals surface area contributed by atoms with Crippen LogP contribution >= 0.6 is 11.3 Å². The Kier molecular flexibility index (Phi) is 3.04. The number of fused-ring (bicyclic) bond motifs is 4. The van der Waals surface area contributed by atoms with E-state index in [0.717, 1.165) is 44.1 Å². The maximum Gasteiger partial charge on any atom is 0.222 e. The summed E-state index contributed by atoms with van der Waals surface area (Å²) in [6, 6.07) is 12.2. The lowest BCUT2D eigenvalue weighted by molar-refractivity contribution is 0.838. The number of nitrogens with two attached hydrogens (primary N) is 3. The van der Waals surface area contributed by atoms with Gasteiger partial charge in [-0.25, -0.2) is 9.97 Å². The maximum atomic E-state index is 6.09. The quantitative estimate of drug-likeness (QED) is 0.444. The SMILES string of the molecule is Nc1nc(N)c2c(ccc3c2ccn3Cc2ccc3sc(N)nc3c2)n1. The lowest BCUT2D eigenvalue weighted by atomic mass is 10.1. The highest BCUT2D eigenvalue weighted by molar-refractivity contribution is 7.22. The van der Waals surface area contributed by atoms with E-state index in [1.807, 2.05) is 24.4 Å². The highest BCUT2D eigenvalue weighted by atomic mass is 32.1. The van der Waals surface area contributed by atoms with Crippen LogP contribution in [0, 0.1) is 0 Å². The number of aromatic nitrogens is 4. The first-order chi connectivity index (χ1) is 12.6. The van der Waals surface area contributed by atoms with Gasteiger partial charge in [0.05, 0.1) is 21.1 Å². The van der Waals surface area contributed by atoms with Crippen LogP contribution in [-0.2, 0) is 6.54 Å². The van der Waals surface area contributed by atoms with E-state index in [9.17, 15) is 0 Å². The van der Waals surface area contributed by atoms with Crippen molar-refractivity contribution in [3.63, 3.8) is 0 Å². The predicted octanol–water partition coefficient (Wildman–Crippen LogP) is 2.99. The standard InChI is InChI=1S/C18H15N7S/c19-16-15-10-5-6-25(13(10)3-2-11(15)22-17(20)24-16)8-9-1-4-14-12(7-9)23-18(21)26-14/h1-7H,8H2,(H2,21,23)(H4,19,20,22,24). The van der Waals surface area contributed by atoms with Crippen molar-refractivity contribution < 1.29 is 0 Å². The summed E-state index contributed by atoms with van der Waals surface area (Å²) in [5.41, 5.74) is 21.5. The van der Waals surface area contributed by atoms with Crippen LogP contribution in [0.15, 0.2) is 42.6 Å². The molecule has 5 aromatic rings. The fourth-order valence-corrected chi connectivity index (χ4v) is 4.09. The number of benzene rings is 2. The van der Waals surface area contributed by atoms with Gasteiger partial charge < -0.3 is 21.8 Å². The number of rotatable bonds is 2. The zero-order chi connectivity index (χ0) is 17.8. The summed E-state index contributed by atoms with van der Waals surface area (Å²) in [6.45, 7) is 0.720. The van der Waals surface area contributed by atoms with Gasteiger partial charge in [-0.1, -0.05) is 17.4 Å². The molecule has 128 valence electrons. The zero-order valence-corrected chi connectivity index (χ0v) is 14.5. The van der Waals surface area contributed by atoms with Gasteiger partial charge in [0.2, 0.25) is 5.95 Å². The zero-order valence-electron chi connectivity index (χ0n) is 13.7. The first kappa shape index (κ1) is 14.9. The molecule has 0 saturated heterocycles. The van der Waals surface area contributed by atoms with Crippen molar-refractivity contribution >= 4 is 60.3 Å². The molecule has 3 heterocycles. The molecule has 0 unspecified atom stereocenters. The number of nitrogen functional groups attached to an aromatic ring is 3. The second-order valence-electron chi connectivity index (χ2n) is 6.16. The van der Waals surface area contributed by atoms with Crippen molar-refractivity contribution in [2.75, 3.05) is 17.2 Å². The smallest absolute Gasteiger partial charge is 0.222 e. The molecule has 26 heavy (non-hydrogen) atoms. The number of anilines is 3. The molecule has 0 aliphatic carbocycles. The number of nitrogens with zero attached hydrogens (tertiary/aromatic N) is 4. The van der Waals surface area contributed by atoms with Crippen molar-refractivity contribution in [1.29, 1.82) is 0 Å². The Morgan fingerprint density at radius 2 is 1.81 bits per heavy atom. The van der Waals surface area contributed by atoms with Crippen LogP contribution in [0.3, 0.4) is 0 Å². The average molecular weight is 361 g/mol. The van der Waals surface area contributed by atoms with Gasteiger partial charge in [-0.15, -0.1) is 0 Å². The van der Waals surface area contributed by atoms with E-state index in [0.29, 0.717) is 10.9 Å². The van der Waals surface area contributed by atoms with Crippen LogP contribution in [0.2, 0.25) is 0 Å². The third-order valence-electron chi connectivity index (χ3n) is 4.48. The fourth-order valence-electron chi connectivity index (χ4n) is 3.37. The Bertz CT molecular complexity index is 1300. The van der Waals surface area contributed by atoms with Gasteiger partial charge in [-0.3, -0.25) is 0 Å². The van der Waals surface area contributed by atoms with Crippen LogP contribution < -0.4 is 17.2 Å². The highest BCUT2D eigenvalue weighted by Crippen LogP contribution is 2.30. The second-order valence-corrected chi connectivity index (χ2v) is 7.22. The van der Waals surface area contributed by atoms with Crippen molar-refractivity contribution in [2.24, 2.45) is 0 Å². The summed E-state index contributed by atoms with van der Waals surface area (Å²) in [5, 5.41) is 2.43. The normalized spacial score (nSPS) is 11.7. The van der Waals surface area contributed by atoms with Crippen LogP contribution in [0.4, 0.5) is 16.9 Å². The Hall–Kier alpha value is -3.39. The molecule has 0 amide bonds. The van der Waals surface area contributed by atoms with E-state index >= 15 is 0 Å². The highest BCUT2D eigenvalue weighted by Gasteiger charge is 2.11. The molecule has 0 aliphatic rings. The number of hydrogen-bond acceptors (Lipinski definition) is 7. The van der Waals surface area contributed by atoms with Crippen molar-refractivity contribution in [1.82, 2.24) is 19.5 Å². The van der Waals surface area contributed by atoms with Crippen LogP contribution in [0.25, 0.3) is 32.0 Å². The van der Waals surface area contributed by atoms with Crippen molar-refractivity contribution in [2.45, 2.75) is 6.54 Å². The first-order valence-electron chi connectivity index (χ1n) is 8.04. The van der Waals surface area contributed by atoms with E-state index in [4.69, 9.17) is 17.2 Å². The minimum absolute atomic E-state index is 0.185. The maximum absolute atomic E-state index is 6.09. The van der Waals surface area contributed by atoms with E-state index < -0.39 is 0 Å². The van der Waals surface area contributed by atoms with Crippen molar-refractivity contribution in [3.8, 4) is 0 Å². The fraction of sp³-hybridized carbons (Fsp3) is 0.0556.